The highest BCUT2D eigenvalue weighted by atomic mass is 19.4. The standard InChI is InChI=1S/C11H6F16O3/c12-6(13,14)1-3(8(18,19)10(22,23)24)29-5(28)30-4(2-7(15,16)17)9(20,21)11(25,26)27/h3-4H,1-2H2. The van der Waals surface area contributed by atoms with E-state index in [1.807, 2.05) is 0 Å². The molecule has 0 aromatic carbocycles. The Morgan fingerprint density at radius 2 is 0.767 bits per heavy atom. The molecule has 0 aliphatic carbocycles. The molecule has 0 bridgehead atoms. The van der Waals surface area contributed by atoms with E-state index in [1.165, 1.54) is 0 Å². The second-order valence-corrected chi connectivity index (χ2v) is 5.34. The molecule has 2 unspecified atom stereocenters. The van der Waals surface area contributed by atoms with Crippen molar-refractivity contribution in [3.8, 4) is 0 Å². The Balaban J connectivity index is 5.84. The third-order valence-electron chi connectivity index (χ3n) is 2.88. The second-order valence-electron chi connectivity index (χ2n) is 5.34. The summed E-state index contributed by atoms with van der Waals surface area (Å²) in [7, 11) is 0. The first kappa shape index (κ1) is 28.1. The molecule has 0 heterocycles. The summed E-state index contributed by atoms with van der Waals surface area (Å²) in [4.78, 5) is 11.0. The summed E-state index contributed by atoms with van der Waals surface area (Å²) in [5.74, 6) is -13.1. The molecule has 0 spiro atoms. The third kappa shape index (κ3) is 7.77. The molecule has 0 aliphatic heterocycles. The van der Waals surface area contributed by atoms with Crippen LogP contribution >= 0.6 is 0 Å². The van der Waals surface area contributed by atoms with E-state index < -0.39 is 67.8 Å². The molecule has 19 heteroatoms. The van der Waals surface area contributed by atoms with Crippen LogP contribution in [0.15, 0.2) is 0 Å². The van der Waals surface area contributed by atoms with Gasteiger partial charge >= 0.3 is 42.7 Å². The van der Waals surface area contributed by atoms with E-state index in [-0.39, 0.29) is 0 Å². The van der Waals surface area contributed by atoms with Gasteiger partial charge in [0, 0.05) is 0 Å². The van der Waals surface area contributed by atoms with Gasteiger partial charge in [-0.2, -0.15) is 70.2 Å². The summed E-state index contributed by atoms with van der Waals surface area (Å²) >= 11 is 0. The van der Waals surface area contributed by atoms with Gasteiger partial charge in [0.2, 0.25) is 0 Å². The first-order valence-electron chi connectivity index (χ1n) is 6.71. The van der Waals surface area contributed by atoms with Crippen molar-refractivity contribution in [2.45, 2.75) is 61.6 Å². The molecule has 0 aromatic heterocycles. The number of rotatable bonds is 6. The van der Waals surface area contributed by atoms with E-state index in [9.17, 15) is 75.0 Å². The minimum Gasteiger partial charge on any atom is -0.424 e. The van der Waals surface area contributed by atoms with Crippen molar-refractivity contribution in [1.82, 2.24) is 0 Å². The Hall–Kier alpha value is -1.85. The van der Waals surface area contributed by atoms with Crippen LogP contribution < -0.4 is 0 Å². The molecule has 0 saturated carbocycles. The number of carbonyl (C=O) groups is 1. The van der Waals surface area contributed by atoms with Crippen LogP contribution in [-0.2, 0) is 9.47 Å². The van der Waals surface area contributed by atoms with E-state index >= 15 is 0 Å². The van der Waals surface area contributed by atoms with E-state index in [4.69, 9.17) is 0 Å². The van der Waals surface area contributed by atoms with Crippen LogP contribution in [0.1, 0.15) is 12.8 Å². The van der Waals surface area contributed by atoms with E-state index in [0.29, 0.717) is 0 Å². The fraction of sp³-hybridized carbons (Fsp3) is 0.909. The van der Waals surface area contributed by atoms with Crippen LogP contribution in [0.4, 0.5) is 75.0 Å². The van der Waals surface area contributed by atoms with Crippen molar-refractivity contribution >= 4 is 6.16 Å². The molecule has 0 fully saturated rings. The minimum absolute atomic E-state index is 2.85. The summed E-state index contributed by atoms with van der Waals surface area (Å²) in [6.45, 7) is 0. The Labute approximate surface area is 153 Å². The van der Waals surface area contributed by atoms with Crippen molar-refractivity contribution in [3.63, 3.8) is 0 Å². The maximum Gasteiger partial charge on any atom is 0.509 e. The van der Waals surface area contributed by atoms with Crippen molar-refractivity contribution < 1.29 is 84.5 Å². The summed E-state index contributed by atoms with van der Waals surface area (Å²) < 4.78 is 204. The van der Waals surface area contributed by atoms with Gasteiger partial charge in [0.05, 0.1) is 12.8 Å². The molecule has 0 amide bonds. The monoisotopic (exact) mass is 490 g/mol. The Kier molecular flexibility index (Phi) is 7.84. The summed E-state index contributed by atoms with van der Waals surface area (Å²) in [5, 5.41) is 0. The quantitative estimate of drug-likeness (QED) is 0.330. The molecule has 30 heavy (non-hydrogen) atoms. The number of alkyl halides is 16. The SMILES string of the molecule is O=C(OC(CC(F)(F)F)C(F)(F)C(F)(F)F)OC(CC(F)(F)F)C(F)(F)C(F)(F)F. The smallest absolute Gasteiger partial charge is 0.424 e. The van der Waals surface area contributed by atoms with E-state index in [1.54, 1.807) is 0 Å². The van der Waals surface area contributed by atoms with Gasteiger partial charge in [0.1, 0.15) is 0 Å². The predicted octanol–water partition coefficient (Wildman–Crippen LogP) is 6.18. The lowest BCUT2D eigenvalue weighted by Gasteiger charge is -2.31. The number of carbonyl (C=O) groups excluding carboxylic acids is 1. The van der Waals surface area contributed by atoms with Crippen molar-refractivity contribution in [2.24, 2.45) is 0 Å². The van der Waals surface area contributed by atoms with Gasteiger partial charge in [-0.1, -0.05) is 0 Å². The first-order valence-corrected chi connectivity index (χ1v) is 6.71. The van der Waals surface area contributed by atoms with Crippen LogP contribution in [0.2, 0.25) is 0 Å². The van der Waals surface area contributed by atoms with Gasteiger partial charge in [0.25, 0.3) is 0 Å². The van der Waals surface area contributed by atoms with Crippen LogP contribution in [0.25, 0.3) is 0 Å². The molecule has 0 rings (SSSR count). The zero-order chi connectivity index (χ0) is 24.6. The zero-order valence-electron chi connectivity index (χ0n) is 13.3. The van der Waals surface area contributed by atoms with Crippen LogP contribution in [-0.4, -0.2) is 54.9 Å². The molecule has 0 aromatic rings. The molecule has 3 nitrogen and oxygen atoms in total. The van der Waals surface area contributed by atoms with Crippen molar-refractivity contribution in [2.75, 3.05) is 0 Å². The average Bonchev–Trinajstić information content (AvgIpc) is 2.40. The lowest BCUT2D eigenvalue weighted by atomic mass is 10.1. The van der Waals surface area contributed by atoms with Gasteiger partial charge in [-0.25, -0.2) is 4.79 Å². The lowest BCUT2D eigenvalue weighted by molar-refractivity contribution is -0.332. The highest BCUT2D eigenvalue weighted by molar-refractivity contribution is 5.60. The normalized spacial score (nSPS) is 16.8. The number of halogens is 16. The molecule has 0 radical (unpaired) electrons. The number of hydrogen-bond donors (Lipinski definition) is 0. The minimum atomic E-state index is -6.86. The van der Waals surface area contributed by atoms with Crippen LogP contribution in [0, 0.1) is 0 Å². The Morgan fingerprint density at radius 1 is 0.533 bits per heavy atom. The Bertz CT molecular complexity index is 533. The fourth-order valence-electron chi connectivity index (χ4n) is 1.53. The summed E-state index contributed by atoms with van der Waals surface area (Å²) in [6.07, 6.45) is -44.9. The largest absolute Gasteiger partial charge is 0.509 e. The number of hydrogen-bond acceptors (Lipinski definition) is 3. The van der Waals surface area contributed by atoms with Crippen LogP contribution in [0.5, 0.6) is 0 Å². The summed E-state index contributed by atoms with van der Waals surface area (Å²) in [6, 6.07) is 0. The van der Waals surface area contributed by atoms with Crippen molar-refractivity contribution in [3.05, 3.63) is 0 Å². The zero-order valence-corrected chi connectivity index (χ0v) is 13.3. The maximum atomic E-state index is 13.1. The van der Waals surface area contributed by atoms with Gasteiger partial charge in [-0.05, 0) is 0 Å². The third-order valence-corrected chi connectivity index (χ3v) is 2.88. The molecule has 0 N–H and O–H groups in total. The Morgan fingerprint density at radius 3 is 0.933 bits per heavy atom. The molecule has 180 valence electrons. The summed E-state index contributed by atoms with van der Waals surface area (Å²) in [5.41, 5.74) is 0. The van der Waals surface area contributed by atoms with Gasteiger partial charge in [-0.3, -0.25) is 0 Å². The molecule has 0 aliphatic rings. The van der Waals surface area contributed by atoms with Crippen LogP contribution in [0.3, 0.4) is 0 Å². The van der Waals surface area contributed by atoms with E-state index in [0.717, 1.165) is 0 Å². The van der Waals surface area contributed by atoms with Crippen molar-refractivity contribution in [1.29, 1.82) is 0 Å². The van der Waals surface area contributed by atoms with Gasteiger partial charge in [0.15, 0.2) is 12.2 Å². The molecular weight excluding hydrogens is 484 g/mol. The maximum absolute atomic E-state index is 13.1. The van der Waals surface area contributed by atoms with Gasteiger partial charge < -0.3 is 9.47 Å². The average molecular weight is 490 g/mol. The lowest BCUT2D eigenvalue weighted by Crippen LogP contribution is -2.53. The highest BCUT2D eigenvalue weighted by Crippen LogP contribution is 2.45. The first-order chi connectivity index (χ1) is 12.8. The number of ether oxygens (including phenoxy) is 2. The molecular formula is C11H6F16O3. The van der Waals surface area contributed by atoms with Gasteiger partial charge in [-0.15, -0.1) is 0 Å². The predicted molar refractivity (Wildman–Crippen MR) is 58.5 cm³/mol. The molecule has 2 atom stereocenters. The highest BCUT2D eigenvalue weighted by Gasteiger charge is 2.68. The van der Waals surface area contributed by atoms with E-state index in [2.05, 4.69) is 9.47 Å². The topological polar surface area (TPSA) is 35.5 Å². The fourth-order valence-corrected chi connectivity index (χ4v) is 1.53. The second kappa shape index (κ2) is 8.35. The molecule has 0 saturated heterocycles.